The number of methoxy groups -OCH3 is 1. The Morgan fingerprint density at radius 3 is 2.44 bits per heavy atom. The Morgan fingerprint density at radius 2 is 1.84 bits per heavy atom. The summed E-state index contributed by atoms with van der Waals surface area (Å²) < 4.78 is 6.47. The van der Waals surface area contributed by atoms with Crippen LogP contribution in [0.3, 0.4) is 0 Å². The molecule has 0 unspecified atom stereocenters. The molecule has 168 valence electrons. The maximum absolute atomic E-state index is 13.0. The van der Waals surface area contributed by atoms with Gasteiger partial charge in [0.15, 0.2) is 0 Å². The molecule has 0 saturated heterocycles. The first-order valence-electron chi connectivity index (χ1n) is 8.89. The minimum atomic E-state index is -1.42. The molecular weight excluding hydrogens is 467 g/mol. The summed E-state index contributed by atoms with van der Waals surface area (Å²) in [7, 11) is 2.67. The van der Waals surface area contributed by atoms with Crippen LogP contribution >= 0.6 is 23.2 Å². The van der Waals surface area contributed by atoms with Crippen LogP contribution in [0.2, 0.25) is 10.2 Å². The van der Waals surface area contributed by atoms with Crippen molar-refractivity contribution >= 4 is 51.7 Å². The van der Waals surface area contributed by atoms with Gasteiger partial charge < -0.3 is 9.84 Å². The predicted molar refractivity (Wildman–Crippen MR) is 115 cm³/mol. The number of carboxylic acids is 1. The van der Waals surface area contributed by atoms with Crippen molar-refractivity contribution < 1.29 is 24.3 Å². The van der Waals surface area contributed by atoms with E-state index in [4.69, 9.17) is 37.9 Å². The summed E-state index contributed by atoms with van der Waals surface area (Å²) in [5.41, 5.74) is -1.68. The predicted octanol–water partition coefficient (Wildman–Crippen LogP) is 1.55. The Bertz CT molecular complexity index is 1340. The van der Waals surface area contributed by atoms with Crippen LogP contribution < -0.4 is 21.0 Å². The Balaban J connectivity index is 2.13. The summed E-state index contributed by atoms with van der Waals surface area (Å²) in [6.45, 7) is -1.53. The highest BCUT2D eigenvalue weighted by atomic mass is 35.5. The van der Waals surface area contributed by atoms with E-state index in [9.17, 15) is 19.2 Å². The molecule has 3 aromatic rings. The molecule has 0 aliphatic rings. The Hall–Kier alpha value is -3.41. The molecule has 0 saturated carbocycles. The van der Waals surface area contributed by atoms with Crippen molar-refractivity contribution in [2.75, 3.05) is 19.3 Å². The fourth-order valence-electron chi connectivity index (χ4n) is 3.08. The van der Waals surface area contributed by atoms with Crippen LogP contribution in [-0.2, 0) is 27.5 Å². The van der Waals surface area contributed by atoms with Gasteiger partial charge in [0.1, 0.15) is 29.4 Å². The van der Waals surface area contributed by atoms with Gasteiger partial charge in [-0.3, -0.25) is 23.8 Å². The van der Waals surface area contributed by atoms with Crippen LogP contribution in [0, 0.1) is 0 Å². The first-order chi connectivity index (χ1) is 15.2. The Kier molecular flexibility index (Phi) is 6.82. The molecule has 32 heavy (non-hydrogen) atoms. The number of aliphatic carboxylic acids is 1. The summed E-state index contributed by atoms with van der Waals surface area (Å²) in [5, 5.41) is 9.77. The molecule has 2 heterocycles. The van der Waals surface area contributed by atoms with Gasteiger partial charge in [-0.1, -0.05) is 23.2 Å². The van der Waals surface area contributed by atoms with E-state index < -0.39 is 36.2 Å². The summed E-state index contributed by atoms with van der Waals surface area (Å²) in [4.78, 5) is 58.8. The molecule has 2 aromatic heterocycles. The summed E-state index contributed by atoms with van der Waals surface area (Å²) >= 11 is 12.1. The number of hydroxylamine groups is 1. The first kappa shape index (κ1) is 23.3. The number of hydrogen-bond donors (Lipinski definition) is 1. The van der Waals surface area contributed by atoms with Crippen molar-refractivity contribution in [2.24, 2.45) is 0 Å². The fraction of sp³-hybridized carbons (Fsp3) is 0.211. The minimum absolute atomic E-state index is 0.0128. The number of carbonyl (C=O) groups is 2. The highest BCUT2D eigenvalue weighted by molar-refractivity contribution is 6.34. The number of rotatable bonds is 7. The van der Waals surface area contributed by atoms with Crippen LogP contribution in [0.15, 0.2) is 40.1 Å². The van der Waals surface area contributed by atoms with E-state index >= 15 is 0 Å². The lowest BCUT2D eigenvalue weighted by atomic mass is 10.2. The normalized spacial score (nSPS) is 10.9. The third-order valence-corrected chi connectivity index (χ3v) is 5.04. The highest BCUT2D eigenvalue weighted by Crippen LogP contribution is 2.29. The molecule has 0 fully saturated rings. The smallest absolute Gasteiger partial charge is 0.332 e. The number of pyridine rings is 1. The van der Waals surface area contributed by atoms with Crippen LogP contribution in [0.5, 0.6) is 5.75 Å². The van der Waals surface area contributed by atoms with Crippen molar-refractivity contribution in [3.63, 3.8) is 0 Å². The first-order valence-corrected chi connectivity index (χ1v) is 9.65. The minimum Gasteiger partial charge on any atom is -0.495 e. The number of anilines is 1. The zero-order valence-electron chi connectivity index (χ0n) is 16.7. The van der Waals surface area contributed by atoms with E-state index in [2.05, 4.69) is 4.98 Å². The van der Waals surface area contributed by atoms with Crippen molar-refractivity contribution in [3.05, 3.63) is 61.5 Å². The molecule has 0 spiro atoms. The molecule has 0 atom stereocenters. The number of ether oxygens (including phenoxy) is 1. The third kappa shape index (κ3) is 4.31. The van der Waals surface area contributed by atoms with Gasteiger partial charge in [0.25, 0.3) is 11.5 Å². The van der Waals surface area contributed by atoms with E-state index in [-0.39, 0.29) is 26.8 Å². The number of hydrogen-bond acceptors (Lipinski definition) is 7. The van der Waals surface area contributed by atoms with E-state index in [0.29, 0.717) is 10.3 Å². The van der Waals surface area contributed by atoms with Gasteiger partial charge in [-0.25, -0.2) is 14.3 Å². The molecule has 1 aromatic carbocycles. The number of nitrogens with zero attached hydrogens (tertiary/aromatic N) is 4. The fourth-order valence-corrected chi connectivity index (χ4v) is 3.57. The second kappa shape index (κ2) is 9.39. The molecule has 0 radical (unpaired) electrons. The molecular formula is C19H16Cl2N4O7. The van der Waals surface area contributed by atoms with Crippen LogP contribution in [0.1, 0.15) is 0 Å². The molecule has 0 bridgehead atoms. The molecule has 1 N–H and O–H groups in total. The number of halogens is 2. The number of carboxylic acid groups (broad SMARTS) is 1. The Morgan fingerprint density at radius 1 is 1.12 bits per heavy atom. The average Bonchev–Trinajstić information content (AvgIpc) is 2.74. The van der Waals surface area contributed by atoms with Crippen molar-refractivity contribution in [3.8, 4) is 5.75 Å². The molecule has 11 nitrogen and oxygen atoms in total. The lowest BCUT2D eigenvalue weighted by Gasteiger charge is -2.21. The van der Waals surface area contributed by atoms with Gasteiger partial charge in [-0.05, 0) is 24.3 Å². The van der Waals surface area contributed by atoms with E-state index in [1.807, 2.05) is 0 Å². The second-order valence-corrected chi connectivity index (χ2v) is 7.10. The van der Waals surface area contributed by atoms with Gasteiger partial charge in [0.05, 0.1) is 30.4 Å². The molecule has 13 heteroatoms. The zero-order valence-corrected chi connectivity index (χ0v) is 18.3. The van der Waals surface area contributed by atoms with Crippen molar-refractivity contribution in [2.45, 2.75) is 13.1 Å². The topological polar surface area (TPSA) is 133 Å². The molecule has 1 amide bonds. The maximum Gasteiger partial charge on any atom is 0.332 e. The van der Waals surface area contributed by atoms with Crippen LogP contribution in [0.25, 0.3) is 10.9 Å². The average molecular weight is 483 g/mol. The number of benzene rings is 1. The van der Waals surface area contributed by atoms with Gasteiger partial charge in [-0.15, -0.1) is 0 Å². The highest BCUT2D eigenvalue weighted by Gasteiger charge is 2.23. The zero-order chi connectivity index (χ0) is 23.6. The lowest BCUT2D eigenvalue weighted by Crippen LogP contribution is -2.44. The molecule has 3 rings (SSSR count). The van der Waals surface area contributed by atoms with Gasteiger partial charge in [0, 0.05) is 6.20 Å². The number of amides is 1. The van der Waals surface area contributed by atoms with E-state index in [0.717, 1.165) is 9.63 Å². The largest absolute Gasteiger partial charge is 0.495 e. The van der Waals surface area contributed by atoms with Gasteiger partial charge >= 0.3 is 11.7 Å². The van der Waals surface area contributed by atoms with E-state index in [1.54, 1.807) is 0 Å². The SMILES string of the molecule is COc1ccc(N(OC)C(=O)Cn2c(=O)n(CC(=O)O)c(=O)c3c(Cl)nccc32)cc1Cl. The quantitative estimate of drug-likeness (QED) is 0.396. The molecule has 0 aliphatic carbocycles. The molecule has 0 aliphatic heterocycles. The number of fused-ring (bicyclic) bond motifs is 1. The van der Waals surface area contributed by atoms with Crippen molar-refractivity contribution in [1.82, 2.24) is 14.1 Å². The standard InChI is InChI=1S/C19H16Cl2N4O7/c1-31-13-4-3-10(7-11(13)20)25(32-2)14(26)8-23-12-5-6-22-17(21)16(12)18(29)24(19(23)30)9-15(27)28/h3-7H,8-9H2,1-2H3,(H,27,28). The van der Waals surface area contributed by atoms with Gasteiger partial charge in [-0.2, -0.15) is 5.06 Å². The summed E-state index contributed by atoms with van der Waals surface area (Å²) in [6.07, 6.45) is 1.25. The summed E-state index contributed by atoms with van der Waals surface area (Å²) in [5.74, 6) is -1.76. The van der Waals surface area contributed by atoms with E-state index in [1.165, 1.54) is 44.7 Å². The Labute approximate surface area is 189 Å². The summed E-state index contributed by atoms with van der Waals surface area (Å²) in [6, 6.07) is 5.79. The maximum atomic E-state index is 13.0. The van der Waals surface area contributed by atoms with Crippen molar-refractivity contribution in [1.29, 1.82) is 0 Å². The van der Waals surface area contributed by atoms with Crippen LogP contribution in [0.4, 0.5) is 5.69 Å². The second-order valence-electron chi connectivity index (χ2n) is 6.34. The van der Waals surface area contributed by atoms with Gasteiger partial charge in [0.2, 0.25) is 0 Å². The lowest BCUT2D eigenvalue weighted by molar-refractivity contribution is -0.137. The van der Waals surface area contributed by atoms with Crippen LogP contribution in [-0.4, -0.2) is 45.3 Å². The number of carbonyl (C=O) groups excluding carboxylic acids is 1. The third-order valence-electron chi connectivity index (χ3n) is 4.46. The monoisotopic (exact) mass is 482 g/mol. The number of aromatic nitrogens is 3.